The van der Waals surface area contributed by atoms with Gasteiger partial charge < -0.3 is 20.1 Å². The van der Waals surface area contributed by atoms with E-state index >= 15 is 0 Å². The first-order valence-electron chi connectivity index (χ1n) is 9.01. The Labute approximate surface area is 159 Å². The van der Waals surface area contributed by atoms with Crippen LogP contribution < -0.4 is 15.4 Å². The first-order valence-corrected chi connectivity index (χ1v) is 9.89. The van der Waals surface area contributed by atoms with Crippen LogP contribution in [0.1, 0.15) is 22.4 Å². The molecule has 0 radical (unpaired) electrons. The maximum Gasteiger partial charge on any atom is 0.191 e. The van der Waals surface area contributed by atoms with Gasteiger partial charge in [0, 0.05) is 36.6 Å². The van der Waals surface area contributed by atoms with Crippen molar-refractivity contribution in [2.24, 2.45) is 10.9 Å². The van der Waals surface area contributed by atoms with Crippen LogP contribution in [0.4, 0.5) is 0 Å². The van der Waals surface area contributed by atoms with Gasteiger partial charge >= 0.3 is 0 Å². The van der Waals surface area contributed by atoms with Crippen LogP contribution in [0.3, 0.4) is 0 Å². The first-order chi connectivity index (χ1) is 12.7. The summed E-state index contributed by atoms with van der Waals surface area (Å²) in [5, 5.41) is 8.80. The quantitative estimate of drug-likeness (QED) is 0.577. The third-order valence-corrected chi connectivity index (χ3v) is 5.28. The van der Waals surface area contributed by atoms with Crippen molar-refractivity contribution in [3.8, 4) is 5.75 Å². The normalized spacial score (nSPS) is 17.3. The van der Waals surface area contributed by atoms with Crippen molar-refractivity contribution >= 4 is 17.3 Å². The van der Waals surface area contributed by atoms with E-state index in [0.717, 1.165) is 43.5 Å². The smallest absolute Gasteiger partial charge is 0.191 e. The number of aliphatic imine (C=N–C) groups is 1. The highest BCUT2D eigenvalue weighted by Gasteiger charge is 2.17. The van der Waals surface area contributed by atoms with E-state index in [0.29, 0.717) is 19.1 Å². The zero-order valence-electron chi connectivity index (χ0n) is 15.5. The zero-order valence-corrected chi connectivity index (χ0v) is 16.3. The topological polar surface area (TPSA) is 54.9 Å². The van der Waals surface area contributed by atoms with E-state index in [1.54, 1.807) is 18.4 Å². The predicted molar refractivity (Wildman–Crippen MR) is 107 cm³/mol. The van der Waals surface area contributed by atoms with E-state index < -0.39 is 0 Å². The molecule has 1 aliphatic heterocycles. The Morgan fingerprint density at radius 1 is 1.31 bits per heavy atom. The maximum absolute atomic E-state index is 6.11. The molecule has 0 bridgehead atoms. The Morgan fingerprint density at radius 2 is 2.19 bits per heavy atom. The van der Waals surface area contributed by atoms with Crippen molar-refractivity contribution < 1.29 is 9.47 Å². The SMILES string of the molecule is CN=C(NCc1cccs1)NCc1ccc(C)cc1OCC1CCOC1. The zero-order chi connectivity index (χ0) is 18.2. The number of thiophene rings is 1. The number of aryl methyl sites for hydroxylation is 1. The molecule has 0 spiro atoms. The van der Waals surface area contributed by atoms with E-state index in [4.69, 9.17) is 9.47 Å². The number of hydrogen-bond acceptors (Lipinski definition) is 4. The molecule has 3 rings (SSSR count). The van der Waals surface area contributed by atoms with Crippen LogP contribution in [0, 0.1) is 12.8 Å². The summed E-state index contributed by atoms with van der Waals surface area (Å²) >= 11 is 1.74. The van der Waals surface area contributed by atoms with Crippen LogP contribution >= 0.6 is 11.3 Å². The number of benzene rings is 1. The van der Waals surface area contributed by atoms with E-state index in [1.807, 2.05) is 0 Å². The third-order valence-electron chi connectivity index (χ3n) is 4.40. The first kappa shape index (κ1) is 18.7. The van der Waals surface area contributed by atoms with Crippen LogP contribution in [-0.2, 0) is 17.8 Å². The Bertz CT molecular complexity index is 710. The molecule has 1 aromatic carbocycles. The van der Waals surface area contributed by atoms with Crippen LogP contribution in [0.15, 0.2) is 40.7 Å². The van der Waals surface area contributed by atoms with Gasteiger partial charge in [-0.15, -0.1) is 11.3 Å². The molecule has 2 N–H and O–H groups in total. The molecule has 1 aliphatic rings. The average molecular weight is 374 g/mol. The van der Waals surface area contributed by atoms with E-state index in [9.17, 15) is 0 Å². The summed E-state index contributed by atoms with van der Waals surface area (Å²) in [5.41, 5.74) is 2.33. The highest BCUT2D eigenvalue weighted by molar-refractivity contribution is 7.09. The molecule has 1 unspecified atom stereocenters. The second-order valence-corrected chi connectivity index (χ2v) is 7.54. The summed E-state index contributed by atoms with van der Waals surface area (Å²) in [6, 6.07) is 10.5. The molecule has 2 aromatic rings. The average Bonchev–Trinajstić information content (AvgIpc) is 3.35. The van der Waals surface area contributed by atoms with Gasteiger partial charge in [-0.3, -0.25) is 4.99 Å². The van der Waals surface area contributed by atoms with Gasteiger partial charge in [-0.1, -0.05) is 18.2 Å². The summed E-state index contributed by atoms with van der Waals surface area (Å²) in [6.07, 6.45) is 1.08. The van der Waals surface area contributed by atoms with E-state index in [2.05, 4.69) is 58.3 Å². The van der Waals surface area contributed by atoms with Gasteiger partial charge in [0.05, 0.1) is 19.8 Å². The summed E-state index contributed by atoms with van der Waals surface area (Å²) < 4.78 is 11.5. The number of nitrogens with zero attached hydrogens (tertiary/aromatic N) is 1. The van der Waals surface area contributed by atoms with Crippen molar-refractivity contribution in [3.05, 3.63) is 51.7 Å². The molecular weight excluding hydrogens is 346 g/mol. The maximum atomic E-state index is 6.11. The van der Waals surface area contributed by atoms with Crippen molar-refractivity contribution in [1.82, 2.24) is 10.6 Å². The van der Waals surface area contributed by atoms with Crippen molar-refractivity contribution in [3.63, 3.8) is 0 Å². The number of rotatable bonds is 7. The van der Waals surface area contributed by atoms with E-state index in [1.165, 1.54) is 10.4 Å². The fraction of sp³-hybridized carbons (Fsp3) is 0.450. The lowest BCUT2D eigenvalue weighted by Gasteiger charge is -2.16. The summed E-state index contributed by atoms with van der Waals surface area (Å²) in [6.45, 7) is 5.89. The minimum Gasteiger partial charge on any atom is -0.493 e. The minimum atomic E-state index is 0.497. The monoisotopic (exact) mass is 373 g/mol. The number of hydrogen-bond donors (Lipinski definition) is 2. The molecular formula is C20H27N3O2S. The Hall–Kier alpha value is -2.05. The van der Waals surface area contributed by atoms with Gasteiger partial charge in [-0.2, -0.15) is 0 Å². The molecule has 26 heavy (non-hydrogen) atoms. The van der Waals surface area contributed by atoms with Gasteiger partial charge in [-0.05, 0) is 36.4 Å². The predicted octanol–water partition coefficient (Wildman–Crippen LogP) is 3.34. The molecule has 1 fully saturated rings. The fourth-order valence-electron chi connectivity index (χ4n) is 2.85. The third kappa shape index (κ3) is 5.47. The number of nitrogens with one attached hydrogen (secondary N) is 2. The molecule has 6 heteroatoms. The summed E-state index contributed by atoms with van der Waals surface area (Å²) in [7, 11) is 1.79. The molecule has 0 amide bonds. The fourth-order valence-corrected chi connectivity index (χ4v) is 3.49. The van der Waals surface area contributed by atoms with E-state index in [-0.39, 0.29) is 0 Å². The Balaban J connectivity index is 1.55. The summed E-state index contributed by atoms with van der Waals surface area (Å²) in [4.78, 5) is 5.58. The van der Waals surface area contributed by atoms with Gasteiger partial charge in [0.2, 0.25) is 0 Å². The highest BCUT2D eigenvalue weighted by atomic mass is 32.1. The van der Waals surface area contributed by atoms with Crippen molar-refractivity contribution in [2.45, 2.75) is 26.4 Å². The molecule has 140 valence electrons. The molecule has 2 heterocycles. The lowest BCUT2D eigenvalue weighted by atomic mass is 10.1. The second-order valence-electron chi connectivity index (χ2n) is 6.51. The van der Waals surface area contributed by atoms with Gasteiger partial charge in [0.15, 0.2) is 5.96 Å². The number of guanidine groups is 1. The Kier molecular flexibility index (Phi) is 6.91. The molecule has 1 aromatic heterocycles. The Morgan fingerprint density at radius 3 is 2.92 bits per heavy atom. The summed E-state index contributed by atoms with van der Waals surface area (Å²) in [5.74, 6) is 2.23. The second kappa shape index (κ2) is 9.59. The van der Waals surface area contributed by atoms with Crippen LogP contribution in [0.25, 0.3) is 0 Å². The minimum absolute atomic E-state index is 0.497. The largest absolute Gasteiger partial charge is 0.493 e. The van der Waals surface area contributed by atoms with Crippen LogP contribution in [-0.4, -0.2) is 32.8 Å². The highest BCUT2D eigenvalue weighted by Crippen LogP contribution is 2.22. The van der Waals surface area contributed by atoms with Crippen LogP contribution in [0.2, 0.25) is 0 Å². The van der Waals surface area contributed by atoms with Crippen molar-refractivity contribution in [2.75, 3.05) is 26.9 Å². The molecule has 0 aliphatic carbocycles. The van der Waals surface area contributed by atoms with Crippen LogP contribution in [0.5, 0.6) is 5.75 Å². The number of ether oxygens (including phenoxy) is 2. The standard InChI is InChI=1S/C20H27N3O2S/c1-15-5-6-17(19(10-15)25-14-16-7-8-24-13-16)11-22-20(21-2)23-12-18-4-3-9-26-18/h3-6,9-10,16H,7-8,11-14H2,1-2H3,(H2,21,22,23). The lowest BCUT2D eigenvalue weighted by Crippen LogP contribution is -2.36. The molecule has 0 saturated carbocycles. The van der Waals surface area contributed by atoms with Gasteiger partial charge in [-0.25, -0.2) is 0 Å². The lowest BCUT2D eigenvalue weighted by molar-refractivity contribution is 0.166. The molecule has 5 nitrogen and oxygen atoms in total. The van der Waals surface area contributed by atoms with Crippen molar-refractivity contribution in [1.29, 1.82) is 0 Å². The van der Waals surface area contributed by atoms with Gasteiger partial charge in [0.25, 0.3) is 0 Å². The molecule has 1 saturated heterocycles. The van der Waals surface area contributed by atoms with Gasteiger partial charge in [0.1, 0.15) is 5.75 Å². The molecule has 1 atom stereocenters.